The summed E-state index contributed by atoms with van der Waals surface area (Å²) in [6, 6.07) is 15.8. The molecule has 1 fully saturated rings. The van der Waals surface area contributed by atoms with Crippen LogP contribution in [0.2, 0.25) is 0 Å². The number of likely N-dealkylation sites (tertiary alicyclic amines) is 1. The number of para-hydroxylation sites is 1. The minimum Gasteiger partial charge on any atom is -0.493 e. The first kappa shape index (κ1) is 20.6. The summed E-state index contributed by atoms with van der Waals surface area (Å²) in [4.78, 5) is 25.7. The fourth-order valence-electron chi connectivity index (χ4n) is 3.89. The molecule has 8 nitrogen and oxygen atoms in total. The van der Waals surface area contributed by atoms with Crippen LogP contribution in [-0.4, -0.2) is 45.2 Å². The van der Waals surface area contributed by atoms with Gasteiger partial charge in [0.25, 0.3) is 11.6 Å². The van der Waals surface area contributed by atoms with Gasteiger partial charge in [0.2, 0.25) is 0 Å². The highest BCUT2D eigenvalue weighted by atomic mass is 16.6. The van der Waals surface area contributed by atoms with Crippen LogP contribution in [0.1, 0.15) is 23.2 Å². The van der Waals surface area contributed by atoms with Gasteiger partial charge in [0.15, 0.2) is 0 Å². The highest BCUT2D eigenvalue weighted by Crippen LogP contribution is 2.27. The van der Waals surface area contributed by atoms with E-state index in [0.29, 0.717) is 36.5 Å². The van der Waals surface area contributed by atoms with Gasteiger partial charge in [0.1, 0.15) is 11.4 Å². The number of nitrogens with zero attached hydrogens (tertiary/aromatic N) is 4. The van der Waals surface area contributed by atoms with Crippen LogP contribution in [0.15, 0.2) is 60.8 Å². The lowest BCUT2D eigenvalue weighted by Gasteiger charge is -2.32. The molecule has 2 heterocycles. The van der Waals surface area contributed by atoms with Crippen molar-refractivity contribution < 1.29 is 14.5 Å². The number of hydrogen-bond acceptors (Lipinski definition) is 5. The van der Waals surface area contributed by atoms with Crippen LogP contribution in [0.25, 0.3) is 11.3 Å². The number of nitro benzene ring substituents is 1. The van der Waals surface area contributed by atoms with Crippen LogP contribution < -0.4 is 4.74 Å². The Bertz CT molecular complexity index is 1060. The number of nitro groups is 1. The molecule has 0 bridgehead atoms. The number of rotatable bonds is 6. The number of non-ortho nitro benzene ring substituents is 1. The molecule has 2 aromatic carbocycles. The van der Waals surface area contributed by atoms with Gasteiger partial charge in [-0.15, -0.1) is 0 Å². The zero-order chi connectivity index (χ0) is 21.8. The Morgan fingerprint density at radius 1 is 1.19 bits per heavy atom. The predicted octanol–water partition coefficient (Wildman–Crippen LogP) is 3.93. The number of ether oxygens (including phenoxy) is 1. The Morgan fingerprint density at radius 2 is 1.94 bits per heavy atom. The summed E-state index contributed by atoms with van der Waals surface area (Å²) in [5.41, 5.74) is 1.71. The van der Waals surface area contributed by atoms with Gasteiger partial charge in [-0.3, -0.25) is 19.6 Å². The summed E-state index contributed by atoms with van der Waals surface area (Å²) in [5, 5.41) is 15.4. The van der Waals surface area contributed by atoms with Crippen LogP contribution in [0.4, 0.5) is 5.69 Å². The van der Waals surface area contributed by atoms with Gasteiger partial charge in [-0.2, -0.15) is 5.10 Å². The van der Waals surface area contributed by atoms with Crippen molar-refractivity contribution in [3.63, 3.8) is 0 Å². The molecular weight excluding hydrogens is 396 g/mol. The summed E-state index contributed by atoms with van der Waals surface area (Å²) in [6.45, 7) is 1.88. The van der Waals surface area contributed by atoms with E-state index in [2.05, 4.69) is 5.10 Å². The van der Waals surface area contributed by atoms with Gasteiger partial charge >= 0.3 is 0 Å². The van der Waals surface area contributed by atoms with E-state index in [-0.39, 0.29) is 17.5 Å². The molecule has 1 amide bonds. The van der Waals surface area contributed by atoms with Crippen LogP contribution in [0.5, 0.6) is 5.75 Å². The average Bonchev–Trinajstić information content (AvgIpc) is 3.19. The van der Waals surface area contributed by atoms with Gasteiger partial charge in [0, 0.05) is 49.9 Å². The van der Waals surface area contributed by atoms with E-state index >= 15 is 0 Å². The lowest BCUT2D eigenvalue weighted by molar-refractivity contribution is -0.384. The summed E-state index contributed by atoms with van der Waals surface area (Å²) < 4.78 is 7.50. The Labute approximate surface area is 180 Å². The first-order valence-electron chi connectivity index (χ1n) is 10.3. The van der Waals surface area contributed by atoms with Gasteiger partial charge in [-0.1, -0.05) is 18.2 Å². The molecule has 0 spiro atoms. The molecule has 3 aromatic rings. The molecule has 8 heteroatoms. The second kappa shape index (κ2) is 8.99. The molecule has 1 aliphatic rings. The van der Waals surface area contributed by atoms with Gasteiger partial charge < -0.3 is 9.64 Å². The molecular formula is C23H24N4O4. The third-order valence-electron chi connectivity index (χ3n) is 5.45. The van der Waals surface area contributed by atoms with E-state index in [1.54, 1.807) is 30.1 Å². The van der Waals surface area contributed by atoms with Crippen molar-refractivity contribution in [2.45, 2.75) is 12.8 Å². The molecule has 0 aliphatic carbocycles. The molecule has 0 saturated carbocycles. The maximum Gasteiger partial charge on any atom is 0.269 e. The van der Waals surface area contributed by atoms with Crippen molar-refractivity contribution in [1.82, 2.24) is 14.7 Å². The van der Waals surface area contributed by atoms with Crippen LogP contribution in [0, 0.1) is 16.0 Å². The van der Waals surface area contributed by atoms with Gasteiger partial charge in [-0.05, 0) is 37.1 Å². The Kier molecular flexibility index (Phi) is 5.97. The third kappa shape index (κ3) is 4.74. The van der Waals surface area contributed by atoms with Crippen molar-refractivity contribution in [2.75, 3.05) is 19.7 Å². The van der Waals surface area contributed by atoms with Crippen LogP contribution in [-0.2, 0) is 7.05 Å². The van der Waals surface area contributed by atoms with Crippen LogP contribution in [0.3, 0.4) is 0 Å². The summed E-state index contributed by atoms with van der Waals surface area (Å²) >= 11 is 0. The highest BCUT2D eigenvalue weighted by Gasteiger charge is 2.28. The standard InChI is InChI=1S/C23H24N4O4/c1-25-15-21(22(24-25)18-9-11-19(12-10-18)27(29)30)23(28)26-13-5-6-17(14-26)16-31-20-7-3-2-4-8-20/h2-4,7-12,15,17H,5-6,13-14,16H2,1H3. The number of aryl methyl sites for hydroxylation is 1. The van der Waals surface area contributed by atoms with E-state index in [1.165, 1.54) is 12.1 Å². The fourth-order valence-corrected chi connectivity index (χ4v) is 3.89. The van der Waals surface area contributed by atoms with Crippen molar-refractivity contribution in [3.05, 3.63) is 76.5 Å². The Hall–Kier alpha value is -3.68. The minimum absolute atomic E-state index is 0.00449. The molecule has 0 radical (unpaired) electrons. The predicted molar refractivity (Wildman–Crippen MR) is 116 cm³/mol. The fraction of sp³-hybridized carbons (Fsp3) is 0.304. The molecule has 1 unspecified atom stereocenters. The van der Waals surface area contributed by atoms with Gasteiger partial charge in [0.05, 0.1) is 17.1 Å². The summed E-state index contributed by atoms with van der Waals surface area (Å²) in [5.74, 6) is 1.02. The van der Waals surface area contributed by atoms with Crippen molar-refractivity contribution >= 4 is 11.6 Å². The number of amides is 1. The monoisotopic (exact) mass is 420 g/mol. The quantitative estimate of drug-likeness (QED) is 0.445. The Balaban J connectivity index is 1.48. The number of carbonyl (C=O) groups excluding carboxylic acids is 1. The van der Waals surface area contributed by atoms with E-state index in [1.807, 2.05) is 35.2 Å². The number of aromatic nitrogens is 2. The van der Waals surface area contributed by atoms with E-state index in [0.717, 1.165) is 18.6 Å². The van der Waals surface area contributed by atoms with Crippen LogP contribution >= 0.6 is 0 Å². The van der Waals surface area contributed by atoms with Gasteiger partial charge in [-0.25, -0.2) is 0 Å². The van der Waals surface area contributed by atoms with E-state index < -0.39 is 4.92 Å². The molecule has 1 saturated heterocycles. The summed E-state index contributed by atoms with van der Waals surface area (Å²) in [6.07, 6.45) is 3.64. The maximum atomic E-state index is 13.3. The van der Waals surface area contributed by atoms with E-state index in [9.17, 15) is 14.9 Å². The maximum absolute atomic E-state index is 13.3. The summed E-state index contributed by atoms with van der Waals surface area (Å²) in [7, 11) is 1.76. The largest absolute Gasteiger partial charge is 0.493 e. The molecule has 31 heavy (non-hydrogen) atoms. The smallest absolute Gasteiger partial charge is 0.269 e. The first-order chi connectivity index (χ1) is 15.0. The van der Waals surface area contributed by atoms with Crippen molar-refractivity contribution in [2.24, 2.45) is 13.0 Å². The zero-order valence-electron chi connectivity index (χ0n) is 17.3. The molecule has 1 aromatic heterocycles. The highest BCUT2D eigenvalue weighted by molar-refractivity contribution is 5.99. The average molecular weight is 420 g/mol. The molecule has 160 valence electrons. The molecule has 4 rings (SSSR count). The third-order valence-corrected chi connectivity index (χ3v) is 5.45. The second-order valence-corrected chi connectivity index (χ2v) is 7.75. The lowest BCUT2D eigenvalue weighted by atomic mass is 9.97. The first-order valence-corrected chi connectivity index (χ1v) is 10.3. The number of hydrogen-bond donors (Lipinski definition) is 0. The lowest BCUT2D eigenvalue weighted by Crippen LogP contribution is -2.41. The van der Waals surface area contributed by atoms with Crippen molar-refractivity contribution in [3.8, 4) is 17.0 Å². The molecule has 1 atom stereocenters. The van der Waals surface area contributed by atoms with Crippen molar-refractivity contribution in [1.29, 1.82) is 0 Å². The number of carbonyl (C=O) groups is 1. The minimum atomic E-state index is -0.445. The second-order valence-electron chi connectivity index (χ2n) is 7.75. The number of piperidine rings is 1. The Morgan fingerprint density at radius 3 is 2.65 bits per heavy atom. The SMILES string of the molecule is Cn1cc(C(=O)N2CCCC(COc3ccccc3)C2)c(-c2ccc([N+](=O)[O-])cc2)n1. The number of benzene rings is 2. The zero-order valence-corrected chi connectivity index (χ0v) is 17.3. The topological polar surface area (TPSA) is 90.5 Å². The van der Waals surface area contributed by atoms with E-state index in [4.69, 9.17) is 4.74 Å². The molecule has 1 aliphatic heterocycles. The normalized spacial score (nSPS) is 16.2. The molecule has 0 N–H and O–H groups in total.